The van der Waals surface area contributed by atoms with E-state index in [1.165, 1.54) is 6.07 Å². The third-order valence-corrected chi connectivity index (χ3v) is 3.52. The molecular weight excluding hydrogens is 296 g/mol. The molecular formula is C12H10N4O4S. The molecule has 108 valence electrons. The molecule has 0 fully saturated rings. The van der Waals surface area contributed by atoms with E-state index in [9.17, 15) is 13.2 Å². The molecule has 9 heteroatoms. The largest absolute Gasteiger partial charge is 0.477 e. The number of aromatic nitrogens is 2. The van der Waals surface area contributed by atoms with Crippen molar-refractivity contribution < 1.29 is 18.3 Å². The highest BCUT2D eigenvalue weighted by Gasteiger charge is 2.22. The van der Waals surface area contributed by atoms with Crippen LogP contribution in [0.1, 0.15) is 10.4 Å². The molecule has 0 saturated heterocycles. The molecule has 0 aliphatic carbocycles. The van der Waals surface area contributed by atoms with Gasteiger partial charge in [-0.3, -0.25) is 4.72 Å². The van der Waals surface area contributed by atoms with Crippen LogP contribution in [0.25, 0.3) is 5.69 Å². The van der Waals surface area contributed by atoms with Crippen molar-refractivity contribution in [1.29, 1.82) is 5.26 Å². The van der Waals surface area contributed by atoms with Crippen LogP contribution in [0.3, 0.4) is 0 Å². The van der Waals surface area contributed by atoms with Gasteiger partial charge in [-0.15, -0.1) is 0 Å². The molecule has 0 spiro atoms. The zero-order valence-corrected chi connectivity index (χ0v) is 11.4. The molecule has 1 aromatic heterocycles. The number of hydrogen-bond acceptors (Lipinski definition) is 5. The smallest absolute Gasteiger partial charge is 0.341 e. The van der Waals surface area contributed by atoms with E-state index in [-0.39, 0.29) is 11.4 Å². The summed E-state index contributed by atoms with van der Waals surface area (Å²) in [6, 6.07) is 9.93. The molecule has 0 saturated carbocycles. The number of carboxylic acid groups (broad SMARTS) is 1. The second-order valence-corrected chi connectivity index (χ2v) is 5.70. The fourth-order valence-electron chi connectivity index (χ4n) is 1.64. The first-order valence-electron chi connectivity index (χ1n) is 5.69. The minimum atomic E-state index is -3.98. The summed E-state index contributed by atoms with van der Waals surface area (Å²) < 4.78 is 26.6. The highest BCUT2D eigenvalue weighted by atomic mass is 32.2. The van der Waals surface area contributed by atoms with Crippen LogP contribution >= 0.6 is 0 Å². The van der Waals surface area contributed by atoms with Crippen molar-refractivity contribution in [3.8, 4) is 11.8 Å². The maximum Gasteiger partial charge on any atom is 0.341 e. The van der Waals surface area contributed by atoms with Gasteiger partial charge in [-0.2, -0.15) is 10.4 Å². The van der Waals surface area contributed by atoms with Gasteiger partial charge >= 0.3 is 5.97 Å². The second kappa shape index (κ2) is 5.64. The normalized spacial score (nSPS) is 10.8. The number of carbonyl (C=O) groups is 1. The molecule has 0 radical (unpaired) electrons. The number of carboxylic acids is 1. The highest BCUT2D eigenvalue weighted by molar-refractivity contribution is 7.92. The number of rotatable bonds is 5. The fourth-order valence-corrected chi connectivity index (χ4v) is 2.37. The number of nitrogens with zero attached hydrogens (tertiary/aromatic N) is 3. The first-order valence-corrected chi connectivity index (χ1v) is 7.34. The summed E-state index contributed by atoms with van der Waals surface area (Å²) in [7, 11) is -3.98. The molecule has 8 nitrogen and oxygen atoms in total. The van der Waals surface area contributed by atoms with Crippen LogP contribution in [0.4, 0.5) is 5.82 Å². The quantitative estimate of drug-likeness (QED) is 0.843. The summed E-state index contributed by atoms with van der Waals surface area (Å²) in [5, 5.41) is 21.5. The number of aromatic carboxylic acids is 1. The van der Waals surface area contributed by atoms with E-state index < -0.39 is 21.7 Å². The van der Waals surface area contributed by atoms with Crippen molar-refractivity contribution in [3.05, 3.63) is 42.1 Å². The molecule has 21 heavy (non-hydrogen) atoms. The minimum Gasteiger partial charge on any atom is -0.477 e. The monoisotopic (exact) mass is 306 g/mol. The maximum atomic E-state index is 11.7. The lowest BCUT2D eigenvalue weighted by molar-refractivity contribution is 0.0698. The lowest BCUT2D eigenvalue weighted by atomic mass is 10.3. The van der Waals surface area contributed by atoms with Crippen LogP contribution in [0, 0.1) is 11.3 Å². The Morgan fingerprint density at radius 2 is 2.05 bits per heavy atom. The molecule has 0 amide bonds. The Bertz CT molecular complexity index is 806. The van der Waals surface area contributed by atoms with E-state index >= 15 is 0 Å². The SMILES string of the molecule is N#CCS(=O)(=O)Nc1c(C(=O)O)cnn1-c1ccccc1. The van der Waals surface area contributed by atoms with E-state index in [4.69, 9.17) is 10.4 Å². The third kappa shape index (κ3) is 3.18. The molecule has 0 bridgehead atoms. The molecule has 0 unspecified atom stereocenters. The van der Waals surface area contributed by atoms with Crippen LogP contribution in [-0.2, 0) is 10.0 Å². The Balaban J connectivity index is 2.54. The molecule has 2 rings (SSSR count). The van der Waals surface area contributed by atoms with Gasteiger partial charge in [0.15, 0.2) is 11.6 Å². The fraction of sp³-hybridized carbons (Fsp3) is 0.0833. The summed E-state index contributed by atoms with van der Waals surface area (Å²) >= 11 is 0. The van der Waals surface area contributed by atoms with Crippen LogP contribution in [0.15, 0.2) is 36.5 Å². The Morgan fingerprint density at radius 1 is 1.38 bits per heavy atom. The van der Waals surface area contributed by atoms with Crippen molar-refractivity contribution in [3.63, 3.8) is 0 Å². The Hall–Kier alpha value is -2.86. The van der Waals surface area contributed by atoms with Crippen molar-refractivity contribution in [2.75, 3.05) is 10.5 Å². The van der Waals surface area contributed by atoms with Crippen LogP contribution < -0.4 is 4.72 Å². The minimum absolute atomic E-state index is 0.219. The third-order valence-electron chi connectivity index (χ3n) is 2.51. The summed E-state index contributed by atoms with van der Waals surface area (Å²) in [5.74, 6) is -2.33. The van der Waals surface area contributed by atoms with E-state index in [2.05, 4.69) is 9.82 Å². The Labute approximate surface area is 120 Å². The van der Waals surface area contributed by atoms with E-state index in [0.29, 0.717) is 5.69 Å². The number of hydrogen-bond donors (Lipinski definition) is 2. The lowest BCUT2D eigenvalue weighted by Gasteiger charge is -2.10. The predicted octanol–water partition coefficient (Wildman–Crippen LogP) is 0.836. The van der Waals surface area contributed by atoms with Gasteiger partial charge in [0.05, 0.1) is 18.0 Å². The first-order chi connectivity index (χ1) is 9.94. The molecule has 2 N–H and O–H groups in total. The topological polar surface area (TPSA) is 125 Å². The number of benzene rings is 1. The van der Waals surface area contributed by atoms with Crippen molar-refractivity contribution in [1.82, 2.24) is 9.78 Å². The van der Waals surface area contributed by atoms with Gasteiger partial charge in [-0.1, -0.05) is 18.2 Å². The first kappa shape index (κ1) is 14.5. The van der Waals surface area contributed by atoms with Crippen LogP contribution in [0.2, 0.25) is 0 Å². The van der Waals surface area contributed by atoms with E-state index in [0.717, 1.165) is 10.9 Å². The summed E-state index contributed by atoms with van der Waals surface area (Å²) in [6.45, 7) is 0. The zero-order valence-electron chi connectivity index (χ0n) is 10.6. The Morgan fingerprint density at radius 3 is 2.62 bits per heavy atom. The zero-order chi connectivity index (χ0) is 15.5. The molecule has 2 aromatic rings. The average Bonchev–Trinajstić information content (AvgIpc) is 2.82. The van der Waals surface area contributed by atoms with E-state index in [1.807, 2.05) is 0 Å². The molecule has 1 aromatic carbocycles. The number of sulfonamides is 1. The summed E-state index contributed by atoms with van der Waals surface area (Å²) in [6.07, 6.45) is 1.04. The van der Waals surface area contributed by atoms with Crippen LogP contribution in [0.5, 0.6) is 0 Å². The van der Waals surface area contributed by atoms with Gasteiger partial charge in [0.2, 0.25) is 10.0 Å². The molecule has 1 heterocycles. The molecule has 0 aliphatic heterocycles. The van der Waals surface area contributed by atoms with Gasteiger partial charge in [0.1, 0.15) is 5.56 Å². The van der Waals surface area contributed by atoms with Gasteiger partial charge < -0.3 is 5.11 Å². The van der Waals surface area contributed by atoms with Gasteiger partial charge in [-0.25, -0.2) is 17.9 Å². The average molecular weight is 306 g/mol. The van der Waals surface area contributed by atoms with Crippen molar-refractivity contribution in [2.45, 2.75) is 0 Å². The van der Waals surface area contributed by atoms with Gasteiger partial charge in [0, 0.05) is 0 Å². The summed E-state index contributed by atoms with van der Waals surface area (Å²) in [4.78, 5) is 11.2. The van der Waals surface area contributed by atoms with Crippen molar-refractivity contribution >= 4 is 21.8 Å². The standard InChI is InChI=1S/C12H10N4O4S/c13-6-7-21(19,20)15-11-10(12(17)18)8-14-16(11)9-4-2-1-3-5-9/h1-5,8,15H,7H2,(H,17,18). The van der Waals surface area contributed by atoms with E-state index in [1.54, 1.807) is 30.3 Å². The predicted molar refractivity (Wildman–Crippen MR) is 73.5 cm³/mol. The number of para-hydroxylation sites is 1. The van der Waals surface area contributed by atoms with Crippen molar-refractivity contribution in [2.24, 2.45) is 0 Å². The number of nitriles is 1. The summed E-state index contributed by atoms with van der Waals surface area (Å²) in [5.41, 5.74) is 0.181. The lowest BCUT2D eigenvalue weighted by Crippen LogP contribution is -2.19. The molecule has 0 atom stereocenters. The molecule has 0 aliphatic rings. The number of anilines is 1. The highest BCUT2D eigenvalue weighted by Crippen LogP contribution is 2.21. The Kier molecular flexibility index (Phi) is 3.91. The second-order valence-electron chi connectivity index (χ2n) is 3.98. The van der Waals surface area contributed by atoms with Gasteiger partial charge in [0.25, 0.3) is 0 Å². The van der Waals surface area contributed by atoms with Gasteiger partial charge in [-0.05, 0) is 12.1 Å². The maximum absolute atomic E-state index is 11.7. The number of nitrogens with one attached hydrogen (secondary N) is 1. The van der Waals surface area contributed by atoms with Crippen LogP contribution in [-0.4, -0.2) is 35.0 Å².